The Kier molecular flexibility index (Phi) is 3.82. The van der Waals surface area contributed by atoms with Gasteiger partial charge in [0.2, 0.25) is 18.6 Å². The van der Waals surface area contributed by atoms with E-state index in [2.05, 4.69) is 10.6 Å². The summed E-state index contributed by atoms with van der Waals surface area (Å²) in [6.45, 7) is 0.615. The van der Waals surface area contributed by atoms with Gasteiger partial charge in [-0.1, -0.05) is 18.9 Å². The molecule has 4 rings (SSSR count). The second-order valence-corrected chi connectivity index (χ2v) is 6.91. The highest BCUT2D eigenvalue weighted by Crippen LogP contribution is 2.46. The van der Waals surface area contributed by atoms with Crippen LogP contribution in [0.2, 0.25) is 0 Å². The molecule has 6 nitrogen and oxygen atoms in total. The van der Waals surface area contributed by atoms with E-state index in [0.29, 0.717) is 25.1 Å². The zero-order valence-corrected chi connectivity index (χ0v) is 13.6. The number of carbonyl (C=O) groups is 2. The smallest absolute Gasteiger partial charge is 0.235 e. The normalized spacial score (nSPS) is 20.7. The van der Waals surface area contributed by atoms with E-state index >= 15 is 0 Å². The molecule has 0 aromatic heterocycles. The minimum atomic E-state index is -0.848. The van der Waals surface area contributed by atoms with E-state index in [1.807, 2.05) is 18.2 Å². The minimum Gasteiger partial charge on any atom is -0.454 e. The first-order valence-corrected chi connectivity index (χ1v) is 8.65. The Bertz CT molecular complexity index is 663. The van der Waals surface area contributed by atoms with Crippen LogP contribution in [0.15, 0.2) is 18.2 Å². The van der Waals surface area contributed by atoms with Gasteiger partial charge in [-0.2, -0.15) is 0 Å². The minimum absolute atomic E-state index is 0.0995. The Labute approximate surface area is 140 Å². The fourth-order valence-corrected chi connectivity index (χ4v) is 3.48. The van der Waals surface area contributed by atoms with E-state index in [1.165, 1.54) is 0 Å². The summed E-state index contributed by atoms with van der Waals surface area (Å²) in [4.78, 5) is 25.0. The molecule has 24 heavy (non-hydrogen) atoms. The van der Waals surface area contributed by atoms with E-state index in [1.54, 1.807) is 0 Å². The predicted molar refractivity (Wildman–Crippen MR) is 86.5 cm³/mol. The fourth-order valence-electron chi connectivity index (χ4n) is 3.48. The lowest BCUT2D eigenvalue weighted by molar-refractivity contribution is -0.137. The van der Waals surface area contributed by atoms with Crippen LogP contribution in [0, 0.1) is 5.41 Å². The van der Waals surface area contributed by atoms with E-state index in [4.69, 9.17) is 9.47 Å². The highest BCUT2D eigenvalue weighted by Gasteiger charge is 2.56. The summed E-state index contributed by atoms with van der Waals surface area (Å²) >= 11 is 0. The molecule has 1 aliphatic heterocycles. The van der Waals surface area contributed by atoms with E-state index in [-0.39, 0.29) is 24.6 Å². The van der Waals surface area contributed by atoms with Crippen molar-refractivity contribution in [2.75, 3.05) is 6.79 Å². The zero-order chi connectivity index (χ0) is 16.6. The average molecular weight is 330 g/mol. The van der Waals surface area contributed by atoms with Crippen LogP contribution >= 0.6 is 0 Å². The third-order valence-electron chi connectivity index (χ3n) is 5.20. The molecule has 1 aromatic carbocycles. The molecule has 3 aliphatic rings. The van der Waals surface area contributed by atoms with Gasteiger partial charge in [0, 0.05) is 12.6 Å². The third kappa shape index (κ3) is 2.81. The van der Waals surface area contributed by atoms with E-state index in [9.17, 15) is 9.59 Å². The van der Waals surface area contributed by atoms with Crippen molar-refractivity contribution in [2.45, 2.75) is 51.1 Å². The van der Waals surface area contributed by atoms with Gasteiger partial charge in [0.25, 0.3) is 0 Å². The van der Waals surface area contributed by atoms with Gasteiger partial charge < -0.3 is 20.1 Å². The quantitative estimate of drug-likeness (QED) is 0.808. The molecule has 0 spiro atoms. The number of hydrogen-bond acceptors (Lipinski definition) is 4. The molecule has 1 heterocycles. The van der Waals surface area contributed by atoms with Gasteiger partial charge in [-0.25, -0.2) is 0 Å². The van der Waals surface area contributed by atoms with Crippen molar-refractivity contribution in [3.63, 3.8) is 0 Å². The number of benzene rings is 1. The predicted octanol–water partition coefficient (Wildman–Crippen LogP) is 1.87. The number of rotatable bonds is 5. The Hall–Kier alpha value is -2.24. The molecular formula is C18H22N2O4. The third-order valence-corrected chi connectivity index (χ3v) is 5.20. The summed E-state index contributed by atoms with van der Waals surface area (Å²) in [5, 5.41) is 5.96. The monoisotopic (exact) mass is 330 g/mol. The second kappa shape index (κ2) is 6.00. The van der Waals surface area contributed by atoms with Gasteiger partial charge in [0.1, 0.15) is 5.41 Å². The molecule has 0 atom stereocenters. The molecule has 128 valence electrons. The summed E-state index contributed by atoms with van der Waals surface area (Å²) in [5.74, 6) is 1.15. The average Bonchev–Trinajstić information content (AvgIpc) is 3.01. The molecule has 2 fully saturated rings. The molecule has 2 N–H and O–H groups in total. The van der Waals surface area contributed by atoms with E-state index < -0.39 is 5.41 Å². The Morgan fingerprint density at radius 1 is 1.08 bits per heavy atom. The SMILES string of the molecule is O=C(NCc1ccc2c(c1)OCO2)C1(C(=O)NC2CCCC2)CC1. The van der Waals surface area contributed by atoms with Gasteiger partial charge in [-0.05, 0) is 43.4 Å². The number of hydrogen-bond donors (Lipinski definition) is 2. The summed E-state index contributed by atoms with van der Waals surface area (Å²) in [6.07, 6.45) is 5.65. The highest BCUT2D eigenvalue weighted by molar-refractivity contribution is 6.07. The number of nitrogens with one attached hydrogen (secondary N) is 2. The Morgan fingerprint density at radius 3 is 2.58 bits per heavy atom. The zero-order valence-electron chi connectivity index (χ0n) is 13.6. The number of ether oxygens (including phenoxy) is 2. The molecule has 1 aromatic rings. The number of amides is 2. The molecule has 0 unspecified atom stereocenters. The lowest BCUT2D eigenvalue weighted by atomic mass is 10.0. The van der Waals surface area contributed by atoms with Crippen molar-refractivity contribution < 1.29 is 19.1 Å². The maximum absolute atomic E-state index is 12.5. The molecular weight excluding hydrogens is 308 g/mol. The van der Waals surface area contributed by atoms with Gasteiger partial charge >= 0.3 is 0 Å². The van der Waals surface area contributed by atoms with Gasteiger partial charge in [0.05, 0.1) is 0 Å². The van der Waals surface area contributed by atoms with Crippen molar-refractivity contribution in [3.8, 4) is 11.5 Å². The fraction of sp³-hybridized carbons (Fsp3) is 0.556. The number of fused-ring (bicyclic) bond motifs is 1. The van der Waals surface area contributed by atoms with Crippen molar-refractivity contribution in [1.29, 1.82) is 0 Å². The van der Waals surface area contributed by atoms with Crippen molar-refractivity contribution in [1.82, 2.24) is 10.6 Å². The molecule has 0 bridgehead atoms. The van der Waals surface area contributed by atoms with Crippen molar-refractivity contribution in [2.24, 2.45) is 5.41 Å². The summed E-state index contributed by atoms with van der Waals surface area (Å²) < 4.78 is 10.6. The first kappa shape index (κ1) is 15.3. The van der Waals surface area contributed by atoms with Crippen LogP contribution in [0.25, 0.3) is 0 Å². The summed E-state index contributed by atoms with van der Waals surface area (Å²) in [7, 11) is 0. The summed E-state index contributed by atoms with van der Waals surface area (Å²) in [6, 6.07) is 5.84. The first-order valence-electron chi connectivity index (χ1n) is 8.65. The Morgan fingerprint density at radius 2 is 1.83 bits per heavy atom. The van der Waals surface area contributed by atoms with E-state index in [0.717, 1.165) is 37.0 Å². The molecule has 2 aliphatic carbocycles. The van der Waals surface area contributed by atoms with Crippen molar-refractivity contribution in [3.05, 3.63) is 23.8 Å². The molecule has 2 saturated carbocycles. The topological polar surface area (TPSA) is 76.7 Å². The Balaban J connectivity index is 1.34. The first-order chi connectivity index (χ1) is 11.7. The van der Waals surface area contributed by atoms with Gasteiger partial charge in [0.15, 0.2) is 11.5 Å². The maximum atomic E-state index is 12.5. The molecule has 6 heteroatoms. The molecule has 2 amide bonds. The van der Waals surface area contributed by atoms with Gasteiger partial charge in [-0.3, -0.25) is 9.59 Å². The van der Waals surface area contributed by atoms with Crippen LogP contribution in [0.5, 0.6) is 11.5 Å². The van der Waals surface area contributed by atoms with Crippen LogP contribution in [-0.2, 0) is 16.1 Å². The largest absolute Gasteiger partial charge is 0.454 e. The lowest BCUT2D eigenvalue weighted by Crippen LogP contribution is -2.45. The summed E-state index contributed by atoms with van der Waals surface area (Å²) in [5.41, 5.74) is 0.0819. The standard InChI is InChI=1S/C18H22N2O4/c21-16(18(7-8-18)17(22)20-13-3-1-2-4-13)19-10-12-5-6-14-15(9-12)24-11-23-14/h5-6,9,13H,1-4,7-8,10-11H2,(H,19,21)(H,20,22). The number of carbonyl (C=O) groups excluding carboxylic acids is 2. The molecule has 0 radical (unpaired) electrons. The van der Waals surface area contributed by atoms with Crippen LogP contribution in [0.4, 0.5) is 0 Å². The molecule has 0 saturated heterocycles. The van der Waals surface area contributed by atoms with Crippen LogP contribution in [0.3, 0.4) is 0 Å². The van der Waals surface area contributed by atoms with Crippen LogP contribution < -0.4 is 20.1 Å². The maximum Gasteiger partial charge on any atom is 0.235 e. The van der Waals surface area contributed by atoms with Crippen LogP contribution in [0.1, 0.15) is 44.1 Å². The lowest BCUT2D eigenvalue weighted by Gasteiger charge is -2.18. The second-order valence-electron chi connectivity index (χ2n) is 6.91. The van der Waals surface area contributed by atoms with Crippen LogP contribution in [-0.4, -0.2) is 24.6 Å². The van der Waals surface area contributed by atoms with Crippen molar-refractivity contribution >= 4 is 11.8 Å². The van der Waals surface area contributed by atoms with Gasteiger partial charge in [-0.15, -0.1) is 0 Å². The highest BCUT2D eigenvalue weighted by atomic mass is 16.7.